The van der Waals surface area contributed by atoms with E-state index in [2.05, 4.69) is 0 Å². The molecule has 0 aliphatic heterocycles. The Labute approximate surface area is 135 Å². The van der Waals surface area contributed by atoms with Gasteiger partial charge in [-0.05, 0) is 35.9 Å². The minimum Gasteiger partial charge on any atom is -0.497 e. The molecule has 6 heteroatoms. The molecule has 0 aromatic heterocycles. The van der Waals surface area contributed by atoms with Crippen LogP contribution in [-0.2, 0) is 21.0 Å². The second-order valence-corrected chi connectivity index (χ2v) is 7.05. The maximum atomic E-state index is 12.0. The van der Waals surface area contributed by atoms with Crippen molar-refractivity contribution < 1.29 is 22.7 Å². The van der Waals surface area contributed by atoms with Crippen LogP contribution >= 0.6 is 0 Å². The van der Waals surface area contributed by atoms with Gasteiger partial charge >= 0.3 is 5.97 Å². The molecule has 0 unspecified atom stereocenters. The van der Waals surface area contributed by atoms with Gasteiger partial charge in [-0.15, -0.1) is 0 Å². The minimum atomic E-state index is -3.35. The Morgan fingerprint density at radius 1 is 1.09 bits per heavy atom. The van der Waals surface area contributed by atoms with Gasteiger partial charge in [0.05, 0.1) is 24.2 Å². The van der Waals surface area contributed by atoms with E-state index < -0.39 is 15.8 Å². The first kappa shape index (κ1) is 17.0. The topological polar surface area (TPSA) is 69.7 Å². The van der Waals surface area contributed by atoms with Gasteiger partial charge in [-0.2, -0.15) is 0 Å². The monoisotopic (exact) mass is 334 g/mol. The lowest BCUT2D eigenvalue weighted by Crippen LogP contribution is -2.09. The number of carbonyl (C=O) groups excluding carboxylic acids is 1. The van der Waals surface area contributed by atoms with Gasteiger partial charge in [0.1, 0.15) is 5.75 Å². The molecule has 23 heavy (non-hydrogen) atoms. The Bertz CT molecular complexity index is 779. The van der Waals surface area contributed by atoms with Crippen molar-refractivity contribution in [2.45, 2.75) is 11.3 Å². The van der Waals surface area contributed by atoms with Crippen LogP contribution in [0.4, 0.5) is 0 Å². The Morgan fingerprint density at radius 2 is 1.78 bits per heavy atom. The highest BCUT2D eigenvalue weighted by Gasteiger charge is 2.12. The summed E-state index contributed by atoms with van der Waals surface area (Å²) >= 11 is 0. The fourth-order valence-electron chi connectivity index (χ4n) is 1.99. The summed E-state index contributed by atoms with van der Waals surface area (Å²) < 4.78 is 33.3. The third kappa shape index (κ3) is 4.82. The van der Waals surface area contributed by atoms with Crippen LogP contribution in [0.2, 0.25) is 0 Å². The van der Waals surface area contributed by atoms with Gasteiger partial charge in [0.25, 0.3) is 0 Å². The molecule has 0 saturated carbocycles. The lowest BCUT2D eigenvalue weighted by molar-refractivity contribution is 0.0509. The molecule has 122 valence electrons. The van der Waals surface area contributed by atoms with E-state index in [1.165, 1.54) is 24.3 Å². The summed E-state index contributed by atoms with van der Waals surface area (Å²) in [5, 5.41) is 0. The molecular weight excluding hydrogens is 316 g/mol. The summed E-state index contributed by atoms with van der Waals surface area (Å²) in [6, 6.07) is 13.3. The molecule has 2 rings (SSSR count). The average Bonchev–Trinajstić information content (AvgIpc) is 2.54. The fourth-order valence-corrected chi connectivity index (χ4v) is 2.66. The van der Waals surface area contributed by atoms with Crippen molar-refractivity contribution in [1.82, 2.24) is 0 Å². The van der Waals surface area contributed by atoms with Crippen LogP contribution in [0.25, 0.3) is 0 Å². The zero-order chi connectivity index (χ0) is 16.9. The van der Waals surface area contributed by atoms with Crippen LogP contribution in [0.15, 0.2) is 53.4 Å². The van der Waals surface area contributed by atoms with Gasteiger partial charge in [0.15, 0.2) is 9.84 Å². The van der Waals surface area contributed by atoms with Crippen molar-refractivity contribution in [1.29, 1.82) is 0 Å². The average molecular weight is 334 g/mol. The molecule has 0 atom stereocenters. The molecule has 0 N–H and O–H groups in total. The van der Waals surface area contributed by atoms with E-state index in [1.807, 2.05) is 24.3 Å². The first-order valence-corrected chi connectivity index (χ1v) is 8.89. The molecule has 0 amide bonds. The third-order valence-corrected chi connectivity index (χ3v) is 4.39. The van der Waals surface area contributed by atoms with Crippen LogP contribution in [0.3, 0.4) is 0 Å². The second kappa shape index (κ2) is 7.28. The number of esters is 1. The molecule has 5 nitrogen and oxygen atoms in total. The summed E-state index contributed by atoms with van der Waals surface area (Å²) in [4.78, 5) is 12.1. The van der Waals surface area contributed by atoms with Crippen molar-refractivity contribution in [2.24, 2.45) is 0 Å². The van der Waals surface area contributed by atoms with E-state index in [0.717, 1.165) is 17.6 Å². The van der Waals surface area contributed by atoms with Crippen LogP contribution in [0.5, 0.6) is 5.75 Å². The molecule has 2 aromatic carbocycles. The van der Waals surface area contributed by atoms with Crippen LogP contribution in [0, 0.1) is 0 Å². The predicted octanol–water partition coefficient (Wildman–Crippen LogP) is 2.50. The highest BCUT2D eigenvalue weighted by atomic mass is 32.2. The molecule has 0 heterocycles. The van der Waals surface area contributed by atoms with E-state index in [9.17, 15) is 13.2 Å². The van der Waals surface area contributed by atoms with E-state index in [0.29, 0.717) is 6.42 Å². The Balaban J connectivity index is 1.94. The zero-order valence-electron chi connectivity index (χ0n) is 13.0. The summed E-state index contributed by atoms with van der Waals surface area (Å²) in [5.41, 5.74) is 1.24. The highest BCUT2D eigenvalue weighted by Crippen LogP contribution is 2.14. The summed E-state index contributed by atoms with van der Waals surface area (Å²) in [6.07, 6.45) is 1.67. The number of ether oxygens (including phenoxy) is 2. The van der Waals surface area contributed by atoms with Gasteiger partial charge in [0, 0.05) is 12.7 Å². The van der Waals surface area contributed by atoms with Gasteiger partial charge in [-0.1, -0.05) is 18.2 Å². The zero-order valence-corrected chi connectivity index (χ0v) is 13.8. The van der Waals surface area contributed by atoms with E-state index >= 15 is 0 Å². The molecule has 0 aliphatic rings. The third-order valence-electron chi connectivity index (χ3n) is 3.28. The van der Waals surface area contributed by atoms with Gasteiger partial charge in [-0.25, -0.2) is 13.2 Å². The van der Waals surface area contributed by atoms with Crippen molar-refractivity contribution in [2.75, 3.05) is 20.0 Å². The molecule has 0 aliphatic carbocycles. The van der Waals surface area contributed by atoms with Crippen molar-refractivity contribution in [3.63, 3.8) is 0 Å². The number of benzene rings is 2. The molecular formula is C17H18O5S. The minimum absolute atomic E-state index is 0.0992. The maximum absolute atomic E-state index is 12.0. The Kier molecular flexibility index (Phi) is 5.39. The van der Waals surface area contributed by atoms with Crippen molar-refractivity contribution in [3.8, 4) is 5.75 Å². The number of hydrogen-bond acceptors (Lipinski definition) is 5. The van der Waals surface area contributed by atoms with Gasteiger partial charge in [0.2, 0.25) is 0 Å². The number of hydrogen-bond donors (Lipinski definition) is 0. The quantitative estimate of drug-likeness (QED) is 0.759. The molecule has 0 fully saturated rings. The van der Waals surface area contributed by atoms with Crippen LogP contribution < -0.4 is 4.74 Å². The Morgan fingerprint density at radius 3 is 2.39 bits per heavy atom. The molecule has 0 bridgehead atoms. The lowest BCUT2D eigenvalue weighted by Gasteiger charge is -2.07. The normalized spacial score (nSPS) is 11.0. The number of carbonyl (C=O) groups is 1. The molecule has 0 spiro atoms. The first-order valence-electron chi connectivity index (χ1n) is 7.00. The van der Waals surface area contributed by atoms with Crippen molar-refractivity contribution in [3.05, 3.63) is 59.7 Å². The smallest absolute Gasteiger partial charge is 0.338 e. The maximum Gasteiger partial charge on any atom is 0.338 e. The summed E-state index contributed by atoms with van der Waals surface area (Å²) in [7, 11) is -1.75. The summed E-state index contributed by atoms with van der Waals surface area (Å²) in [6.45, 7) is 0.217. The lowest BCUT2D eigenvalue weighted by atomic mass is 10.1. The Hall–Kier alpha value is -2.34. The van der Waals surface area contributed by atoms with E-state index in [-0.39, 0.29) is 17.1 Å². The van der Waals surface area contributed by atoms with E-state index in [4.69, 9.17) is 9.47 Å². The van der Waals surface area contributed by atoms with Crippen LogP contribution in [0.1, 0.15) is 15.9 Å². The fraction of sp³-hybridized carbons (Fsp3) is 0.235. The van der Waals surface area contributed by atoms with E-state index in [1.54, 1.807) is 7.11 Å². The molecule has 0 radical (unpaired) electrons. The number of methoxy groups -OCH3 is 1. The summed E-state index contributed by atoms with van der Waals surface area (Å²) in [5.74, 6) is 0.229. The number of sulfone groups is 1. The second-order valence-electron chi connectivity index (χ2n) is 5.03. The largest absolute Gasteiger partial charge is 0.497 e. The number of rotatable bonds is 6. The van der Waals surface area contributed by atoms with Crippen LogP contribution in [-0.4, -0.2) is 34.4 Å². The SMILES string of the molecule is COc1ccc(CCOC(=O)c2cccc(S(C)(=O)=O)c2)cc1. The molecule has 0 saturated heterocycles. The first-order chi connectivity index (χ1) is 10.9. The van der Waals surface area contributed by atoms with Gasteiger partial charge < -0.3 is 9.47 Å². The highest BCUT2D eigenvalue weighted by molar-refractivity contribution is 7.90. The standard InChI is InChI=1S/C17H18O5S/c1-21-15-8-6-13(7-9-15)10-11-22-17(18)14-4-3-5-16(12-14)23(2,19)20/h3-9,12H,10-11H2,1-2H3. The van der Waals surface area contributed by atoms with Crippen molar-refractivity contribution >= 4 is 15.8 Å². The predicted molar refractivity (Wildman–Crippen MR) is 86.5 cm³/mol. The molecule has 2 aromatic rings. The van der Waals surface area contributed by atoms with Gasteiger partial charge in [-0.3, -0.25) is 0 Å².